The zero-order chi connectivity index (χ0) is 14.9. The number of nitrogens with one attached hydrogen (secondary N) is 1. The van der Waals surface area contributed by atoms with Crippen LogP contribution in [0.3, 0.4) is 0 Å². The first-order chi connectivity index (χ1) is 9.43. The van der Waals surface area contributed by atoms with Crippen molar-refractivity contribution in [1.82, 2.24) is 15.1 Å². The van der Waals surface area contributed by atoms with Gasteiger partial charge in [0.2, 0.25) is 11.8 Å². The van der Waals surface area contributed by atoms with Crippen LogP contribution < -0.4 is 5.32 Å². The number of carbonyl (C=O) groups excluding carboxylic acids is 2. The van der Waals surface area contributed by atoms with Crippen LogP contribution in [0.1, 0.15) is 46.5 Å². The predicted molar refractivity (Wildman–Crippen MR) is 78.3 cm³/mol. The van der Waals surface area contributed by atoms with Gasteiger partial charge in [-0.2, -0.15) is 0 Å². The Morgan fingerprint density at radius 2 is 2.10 bits per heavy atom. The first-order valence-corrected chi connectivity index (χ1v) is 7.76. The molecule has 4 atom stereocenters. The molecule has 5 heteroatoms. The monoisotopic (exact) mass is 281 g/mol. The van der Waals surface area contributed by atoms with E-state index < -0.39 is 0 Å². The van der Waals surface area contributed by atoms with Crippen LogP contribution in [-0.2, 0) is 9.59 Å². The van der Waals surface area contributed by atoms with Crippen molar-refractivity contribution in [1.29, 1.82) is 0 Å². The molecule has 0 bridgehead atoms. The van der Waals surface area contributed by atoms with Gasteiger partial charge in [0, 0.05) is 18.1 Å². The van der Waals surface area contributed by atoms with Gasteiger partial charge in [0.25, 0.3) is 0 Å². The molecule has 2 aliphatic rings. The second kappa shape index (κ2) is 6.22. The fourth-order valence-corrected chi connectivity index (χ4v) is 3.15. The van der Waals surface area contributed by atoms with Gasteiger partial charge < -0.3 is 10.2 Å². The molecule has 0 aromatic carbocycles. The van der Waals surface area contributed by atoms with Crippen molar-refractivity contribution in [2.24, 2.45) is 0 Å². The molecule has 2 saturated heterocycles. The number of amides is 2. The third-order valence-corrected chi connectivity index (χ3v) is 4.86. The van der Waals surface area contributed by atoms with Crippen molar-refractivity contribution in [3.05, 3.63) is 0 Å². The van der Waals surface area contributed by atoms with Gasteiger partial charge >= 0.3 is 0 Å². The Morgan fingerprint density at radius 1 is 1.40 bits per heavy atom. The zero-order valence-electron chi connectivity index (χ0n) is 13.1. The first kappa shape index (κ1) is 15.4. The molecule has 2 heterocycles. The Hall–Kier alpha value is -0.940. The number of piperidine rings is 1. The summed E-state index contributed by atoms with van der Waals surface area (Å²) in [7, 11) is 2.13. The molecule has 2 aliphatic heterocycles. The van der Waals surface area contributed by atoms with Crippen molar-refractivity contribution in [2.45, 2.75) is 70.6 Å². The normalized spacial score (nSPS) is 33.8. The van der Waals surface area contributed by atoms with Gasteiger partial charge in [0.1, 0.15) is 0 Å². The molecule has 114 valence electrons. The lowest BCUT2D eigenvalue weighted by atomic mass is 9.98. The highest BCUT2D eigenvalue weighted by molar-refractivity contribution is 6.05. The van der Waals surface area contributed by atoms with Crippen LogP contribution >= 0.6 is 0 Å². The Kier molecular flexibility index (Phi) is 4.81. The van der Waals surface area contributed by atoms with Crippen molar-refractivity contribution >= 4 is 11.8 Å². The van der Waals surface area contributed by atoms with Gasteiger partial charge in [0.05, 0.1) is 12.5 Å². The lowest BCUT2D eigenvalue weighted by molar-refractivity contribution is -0.141. The number of likely N-dealkylation sites (tertiary alicyclic amines) is 2. The molecule has 2 fully saturated rings. The first-order valence-electron chi connectivity index (χ1n) is 7.76. The smallest absolute Gasteiger partial charge is 0.247 e. The van der Waals surface area contributed by atoms with E-state index in [1.807, 2.05) is 13.8 Å². The molecule has 20 heavy (non-hydrogen) atoms. The van der Waals surface area contributed by atoms with Crippen molar-refractivity contribution in [2.75, 3.05) is 13.6 Å². The molecular weight excluding hydrogens is 254 g/mol. The predicted octanol–water partition coefficient (Wildman–Crippen LogP) is 0.985. The standard InChI is InChI=1S/C15H27N3O2/c1-5-10(2)18-14(19)9-13(15(18)20)16-12-6-7-17(4)11(3)8-12/h10-13,16H,5-9H2,1-4H3. The van der Waals surface area contributed by atoms with E-state index >= 15 is 0 Å². The molecule has 0 aromatic heterocycles. The number of rotatable bonds is 4. The zero-order valence-corrected chi connectivity index (χ0v) is 13.1. The SMILES string of the molecule is CCC(C)N1C(=O)CC(NC2CCN(C)C(C)C2)C1=O. The van der Waals surface area contributed by atoms with Gasteiger partial charge in [0.15, 0.2) is 0 Å². The minimum Gasteiger partial charge on any atom is -0.304 e. The van der Waals surface area contributed by atoms with Crippen LogP contribution in [0.25, 0.3) is 0 Å². The van der Waals surface area contributed by atoms with Crippen LogP contribution in [0.2, 0.25) is 0 Å². The molecule has 0 spiro atoms. The summed E-state index contributed by atoms with van der Waals surface area (Å²) in [4.78, 5) is 28.2. The Labute approximate surface area is 121 Å². The van der Waals surface area contributed by atoms with E-state index in [9.17, 15) is 9.59 Å². The average molecular weight is 281 g/mol. The molecule has 2 amide bonds. The maximum Gasteiger partial charge on any atom is 0.247 e. The van der Waals surface area contributed by atoms with E-state index in [1.54, 1.807) is 0 Å². The number of imide groups is 1. The minimum absolute atomic E-state index is 0.0122. The quantitative estimate of drug-likeness (QED) is 0.781. The molecular formula is C15H27N3O2. The van der Waals surface area contributed by atoms with Crippen LogP contribution in [0.5, 0.6) is 0 Å². The summed E-state index contributed by atoms with van der Waals surface area (Å²) < 4.78 is 0. The van der Waals surface area contributed by atoms with E-state index in [2.05, 4.69) is 24.2 Å². The average Bonchev–Trinajstić information content (AvgIpc) is 2.68. The lowest BCUT2D eigenvalue weighted by Crippen LogP contribution is -2.51. The number of carbonyl (C=O) groups is 2. The van der Waals surface area contributed by atoms with Gasteiger partial charge in [-0.15, -0.1) is 0 Å². The van der Waals surface area contributed by atoms with E-state index in [-0.39, 0.29) is 23.9 Å². The highest BCUT2D eigenvalue weighted by Gasteiger charge is 2.41. The fourth-order valence-electron chi connectivity index (χ4n) is 3.15. The lowest BCUT2D eigenvalue weighted by Gasteiger charge is -2.36. The number of hydrogen-bond donors (Lipinski definition) is 1. The molecule has 0 aliphatic carbocycles. The van der Waals surface area contributed by atoms with Gasteiger partial charge in [-0.3, -0.25) is 14.5 Å². The number of nitrogens with zero attached hydrogens (tertiary/aromatic N) is 2. The molecule has 5 nitrogen and oxygen atoms in total. The van der Waals surface area contributed by atoms with Crippen LogP contribution in [0, 0.1) is 0 Å². The van der Waals surface area contributed by atoms with Crippen molar-refractivity contribution in [3.8, 4) is 0 Å². The summed E-state index contributed by atoms with van der Waals surface area (Å²) in [5, 5.41) is 3.42. The summed E-state index contributed by atoms with van der Waals surface area (Å²) in [6, 6.07) is 0.578. The van der Waals surface area contributed by atoms with Gasteiger partial charge in [-0.1, -0.05) is 6.92 Å². The van der Waals surface area contributed by atoms with Gasteiger partial charge in [-0.05, 0) is 46.7 Å². The maximum atomic E-state index is 12.4. The molecule has 1 N–H and O–H groups in total. The highest BCUT2D eigenvalue weighted by Crippen LogP contribution is 2.21. The Bertz CT molecular complexity index is 385. The largest absolute Gasteiger partial charge is 0.304 e. The van der Waals surface area contributed by atoms with Crippen LogP contribution in [0.4, 0.5) is 0 Å². The van der Waals surface area contributed by atoms with Crippen molar-refractivity contribution in [3.63, 3.8) is 0 Å². The van der Waals surface area contributed by atoms with Crippen LogP contribution in [0.15, 0.2) is 0 Å². The molecule has 0 aromatic rings. The second-order valence-electron chi connectivity index (χ2n) is 6.33. The molecule has 0 saturated carbocycles. The van der Waals surface area contributed by atoms with E-state index in [1.165, 1.54) is 4.90 Å². The topological polar surface area (TPSA) is 52.7 Å². The summed E-state index contributed by atoms with van der Waals surface area (Å²) in [6.07, 6.45) is 3.22. The molecule has 4 unspecified atom stereocenters. The van der Waals surface area contributed by atoms with E-state index in [0.717, 1.165) is 25.8 Å². The highest BCUT2D eigenvalue weighted by atomic mass is 16.2. The second-order valence-corrected chi connectivity index (χ2v) is 6.33. The third kappa shape index (κ3) is 3.04. The summed E-state index contributed by atoms with van der Waals surface area (Å²) >= 11 is 0. The number of hydrogen-bond acceptors (Lipinski definition) is 4. The third-order valence-electron chi connectivity index (χ3n) is 4.86. The van der Waals surface area contributed by atoms with E-state index in [4.69, 9.17) is 0 Å². The molecule has 2 rings (SSSR count). The summed E-state index contributed by atoms with van der Waals surface area (Å²) in [6.45, 7) is 7.20. The summed E-state index contributed by atoms with van der Waals surface area (Å²) in [5.74, 6) is -0.0567. The molecule has 0 radical (unpaired) electrons. The van der Waals surface area contributed by atoms with Crippen molar-refractivity contribution < 1.29 is 9.59 Å². The van der Waals surface area contributed by atoms with E-state index in [0.29, 0.717) is 18.5 Å². The summed E-state index contributed by atoms with van der Waals surface area (Å²) in [5.41, 5.74) is 0. The fraction of sp³-hybridized carbons (Fsp3) is 0.867. The Balaban J connectivity index is 1.94. The van der Waals surface area contributed by atoms with Gasteiger partial charge in [-0.25, -0.2) is 0 Å². The maximum absolute atomic E-state index is 12.4. The Morgan fingerprint density at radius 3 is 2.70 bits per heavy atom. The van der Waals surface area contributed by atoms with Crippen LogP contribution in [-0.4, -0.2) is 59.4 Å². The minimum atomic E-state index is -0.308.